The van der Waals surface area contributed by atoms with Crippen LogP contribution in [0.1, 0.15) is 32.1 Å². The fourth-order valence-electron chi connectivity index (χ4n) is 2.95. The number of rotatable bonds is 6. The number of anilines is 1. The third-order valence-corrected chi connectivity index (χ3v) is 5.27. The normalized spacial score (nSPS) is 10.9. The Balaban J connectivity index is 1.38. The number of aromatic nitrogens is 4. The minimum atomic E-state index is -0.192. The Hall–Kier alpha value is -3.52. The average molecular weight is 417 g/mol. The molecule has 7 nitrogen and oxygen atoms in total. The number of aryl methyl sites for hydroxylation is 2. The van der Waals surface area contributed by atoms with Crippen molar-refractivity contribution in [2.75, 3.05) is 11.1 Å². The molecule has 0 aliphatic carbocycles. The third-order valence-electron chi connectivity index (χ3n) is 4.43. The van der Waals surface area contributed by atoms with Gasteiger partial charge in [-0.3, -0.25) is 9.59 Å². The van der Waals surface area contributed by atoms with Crippen LogP contribution in [0.15, 0.2) is 65.8 Å². The molecule has 0 radical (unpaired) electrons. The highest BCUT2D eigenvalue weighted by molar-refractivity contribution is 7.99. The van der Waals surface area contributed by atoms with Crippen LogP contribution >= 0.6 is 11.8 Å². The summed E-state index contributed by atoms with van der Waals surface area (Å²) in [7, 11) is 0. The van der Waals surface area contributed by atoms with E-state index in [0.717, 1.165) is 11.4 Å². The van der Waals surface area contributed by atoms with E-state index in [1.54, 1.807) is 40.9 Å². The summed E-state index contributed by atoms with van der Waals surface area (Å²) in [6, 6.07) is 17.7. The van der Waals surface area contributed by atoms with Crippen LogP contribution in [0.5, 0.6) is 0 Å². The Morgan fingerprint density at radius 1 is 0.967 bits per heavy atom. The molecule has 2 aromatic heterocycles. The van der Waals surface area contributed by atoms with Crippen molar-refractivity contribution in [3.8, 4) is 0 Å². The molecule has 8 heteroatoms. The summed E-state index contributed by atoms with van der Waals surface area (Å²) in [5, 5.41) is 7.73. The number of carbonyl (C=O) groups is 2. The van der Waals surface area contributed by atoms with E-state index in [4.69, 9.17) is 0 Å². The molecule has 0 fully saturated rings. The lowest BCUT2D eigenvalue weighted by molar-refractivity contribution is 0.101. The van der Waals surface area contributed by atoms with Crippen LogP contribution in [0.2, 0.25) is 0 Å². The van der Waals surface area contributed by atoms with Gasteiger partial charge in [-0.15, -0.1) is 5.10 Å². The van der Waals surface area contributed by atoms with Gasteiger partial charge in [-0.2, -0.15) is 4.98 Å². The molecule has 0 unspecified atom stereocenters. The van der Waals surface area contributed by atoms with Crippen LogP contribution in [0.25, 0.3) is 5.78 Å². The third kappa shape index (κ3) is 4.38. The molecule has 150 valence electrons. The van der Waals surface area contributed by atoms with Gasteiger partial charge >= 0.3 is 0 Å². The summed E-state index contributed by atoms with van der Waals surface area (Å²) in [5.41, 5.74) is 3.59. The minimum Gasteiger partial charge on any atom is -0.322 e. The maximum absolute atomic E-state index is 12.5. The Kier molecular flexibility index (Phi) is 5.58. The zero-order valence-corrected chi connectivity index (χ0v) is 17.3. The maximum Gasteiger partial charge on any atom is 0.255 e. The van der Waals surface area contributed by atoms with Crippen molar-refractivity contribution in [2.45, 2.75) is 19.0 Å². The number of nitrogens with zero attached hydrogens (tertiary/aromatic N) is 4. The van der Waals surface area contributed by atoms with Gasteiger partial charge < -0.3 is 5.32 Å². The Labute approximate surface area is 177 Å². The highest BCUT2D eigenvalue weighted by Crippen LogP contribution is 2.18. The molecular formula is C22H19N5O2S. The topological polar surface area (TPSA) is 89.3 Å². The van der Waals surface area contributed by atoms with Crippen LogP contribution in [0.3, 0.4) is 0 Å². The quantitative estimate of drug-likeness (QED) is 0.377. The largest absolute Gasteiger partial charge is 0.322 e. The molecule has 0 aliphatic heterocycles. The second-order valence-corrected chi connectivity index (χ2v) is 7.70. The summed E-state index contributed by atoms with van der Waals surface area (Å²) in [6.07, 6.45) is 0. The molecule has 0 spiro atoms. The van der Waals surface area contributed by atoms with Crippen LogP contribution in [-0.4, -0.2) is 37.0 Å². The highest BCUT2D eigenvalue weighted by atomic mass is 32.2. The number of nitrogens with one attached hydrogen (secondary N) is 1. The second kappa shape index (κ2) is 8.46. The van der Waals surface area contributed by atoms with Crippen molar-refractivity contribution in [1.82, 2.24) is 19.6 Å². The molecular weight excluding hydrogens is 398 g/mol. The van der Waals surface area contributed by atoms with Gasteiger partial charge in [0.1, 0.15) is 0 Å². The van der Waals surface area contributed by atoms with Crippen molar-refractivity contribution < 1.29 is 9.59 Å². The average Bonchev–Trinajstić information content (AvgIpc) is 3.16. The number of hydrogen-bond donors (Lipinski definition) is 1. The first-order valence-electron chi connectivity index (χ1n) is 9.33. The second-order valence-electron chi connectivity index (χ2n) is 6.75. The molecule has 2 aromatic carbocycles. The van der Waals surface area contributed by atoms with Crippen molar-refractivity contribution >= 4 is 34.9 Å². The van der Waals surface area contributed by atoms with Gasteiger partial charge in [0.05, 0.1) is 5.75 Å². The predicted octanol–water partition coefficient (Wildman–Crippen LogP) is 3.97. The van der Waals surface area contributed by atoms with E-state index in [1.165, 1.54) is 11.8 Å². The summed E-state index contributed by atoms with van der Waals surface area (Å²) in [5.74, 6) is 0.508. The summed E-state index contributed by atoms with van der Waals surface area (Å²) >= 11 is 1.27. The first-order chi connectivity index (χ1) is 14.5. The SMILES string of the molecule is Cc1cc(C)n2nc(SCC(=O)c3ccc(NC(=O)c4ccccc4)cc3)nc2n1. The van der Waals surface area contributed by atoms with Crippen LogP contribution in [0.4, 0.5) is 5.69 Å². The number of carbonyl (C=O) groups excluding carboxylic acids is 2. The lowest BCUT2D eigenvalue weighted by Gasteiger charge is -2.06. The molecule has 0 saturated carbocycles. The van der Waals surface area contributed by atoms with Gasteiger partial charge in [-0.25, -0.2) is 9.50 Å². The van der Waals surface area contributed by atoms with E-state index >= 15 is 0 Å². The molecule has 4 aromatic rings. The Morgan fingerprint density at radius 2 is 1.70 bits per heavy atom. The molecule has 2 heterocycles. The fraction of sp³-hybridized carbons (Fsp3) is 0.136. The molecule has 0 bridgehead atoms. The van der Waals surface area contributed by atoms with Crippen molar-refractivity contribution in [3.63, 3.8) is 0 Å². The number of ketones is 1. The molecule has 1 N–H and O–H groups in total. The van der Waals surface area contributed by atoms with E-state index in [2.05, 4.69) is 20.4 Å². The van der Waals surface area contributed by atoms with E-state index in [0.29, 0.717) is 27.7 Å². The number of hydrogen-bond acceptors (Lipinski definition) is 6. The van der Waals surface area contributed by atoms with Gasteiger partial charge in [0.15, 0.2) is 5.78 Å². The van der Waals surface area contributed by atoms with E-state index in [1.807, 2.05) is 38.1 Å². The standard InChI is InChI=1S/C22H19N5O2S/c1-14-12-15(2)27-21(23-14)25-22(26-27)30-13-19(28)16-8-10-18(11-9-16)24-20(29)17-6-4-3-5-7-17/h3-12H,13H2,1-2H3,(H,24,29). The molecule has 30 heavy (non-hydrogen) atoms. The zero-order chi connectivity index (χ0) is 21.1. The van der Waals surface area contributed by atoms with E-state index in [-0.39, 0.29) is 17.4 Å². The maximum atomic E-state index is 12.5. The van der Waals surface area contributed by atoms with Crippen molar-refractivity contribution in [1.29, 1.82) is 0 Å². The van der Waals surface area contributed by atoms with Gasteiger partial charge in [0, 0.05) is 28.2 Å². The summed E-state index contributed by atoms with van der Waals surface area (Å²) in [4.78, 5) is 33.5. The predicted molar refractivity (Wildman–Crippen MR) is 116 cm³/mol. The molecule has 1 amide bonds. The highest BCUT2D eigenvalue weighted by Gasteiger charge is 2.12. The number of fused-ring (bicyclic) bond motifs is 1. The molecule has 0 atom stereocenters. The van der Waals surface area contributed by atoms with Gasteiger partial charge in [0.2, 0.25) is 5.16 Å². The van der Waals surface area contributed by atoms with Gasteiger partial charge in [-0.05, 0) is 56.3 Å². The smallest absolute Gasteiger partial charge is 0.255 e. The first kappa shape index (κ1) is 19.8. The van der Waals surface area contributed by atoms with Crippen molar-refractivity contribution in [3.05, 3.63) is 83.2 Å². The van der Waals surface area contributed by atoms with Crippen molar-refractivity contribution in [2.24, 2.45) is 0 Å². The molecule has 0 aliphatic rings. The zero-order valence-electron chi connectivity index (χ0n) is 16.5. The number of amides is 1. The lowest BCUT2D eigenvalue weighted by atomic mass is 10.1. The Morgan fingerprint density at radius 3 is 2.43 bits per heavy atom. The molecule has 0 saturated heterocycles. The summed E-state index contributed by atoms with van der Waals surface area (Å²) in [6.45, 7) is 3.85. The fourth-order valence-corrected chi connectivity index (χ4v) is 3.67. The monoisotopic (exact) mass is 417 g/mol. The van der Waals surface area contributed by atoms with Crippen LogP contribution in [-0.2, 0) is 0 Å². The molecule has 4 rings (SSSR count). The minimum absolute atomic E-state index is 0.0411. The van der Waals surface area contributed by atoms with Gasteiger partial charge in [-0.1, -0.05) is 30.0 Å². The van der Waals surface area contributed by atoms with E-state index < -0.39 is 0 Å². The summed E-state index contributed by atoms with van der Waals surface area (Å²) < 4.78 is 1.67. The lowest BCUT2D eigenvalue weighted by Crippen LogP contribution is -2.11. The van der Waals surface area contributed by atoms with Crippen LogP contribution < -0.4 is 5.32 Å². The Bertz CT molecular complexity index is 1220. The van der Waals surface area contributed by atoms with E-state index in [9.17, 15) is 9.59 Å². The number of Topliss-reactive ketones (excluding diaryl/α,β-unsaturated/α-hetero) is 1. The number of thioether (sulfide) groups is 1. The first-order valence-corrected chi connectivity index (χ1v) is 10.3. The van der Waals surface area contributed by atoms with Gasteiger partial charge in [0.25, 0.3) is 11.7 Å². The van der Waals surface area contributed by atoms with Crippen LogP contribution in [0, 0.1) is 13.8 Å². The number of benzene rings is 2.